The van der Waals surface area contributed by atoms with Gasteiger partial charge in [0.15, 0.2) is 5.13 Å². The van der Waals surface area contributed by atoms with Crippen LogP contribution in [0.4, 0.5) is 5.13 Å². The lowest BCUT2D eigenvalue weighted by Crippen LogP contribution is -2.36. The second-order valence-corrected chi connectivity index (χ2v) is 7.03. The quantitative estimate of drug-likeness (QED) is 0.859. The number of aromatic nitrogens is 2. The maximum atomic E-state index is 12.2. The molecule has 0 radical (unpaired) electrons. The van der Waals surface area contributed by atoms with E-state index < -0.39 is 0 Å². The first-order valence-corrected chi connectivity index (χ1v) is 9.01. The Morgan fingerprint density at radius 1 is 1.33 bits per heavy atom. The molecule has 1 aliphatic heterocycles. The monoisotopic (exact) mass is 349 g/mol. The van der Waals surface area contributed by atoms with Gasteiger partial charge in [0.1, 0.15) is 5.69 Å². The van der Waals surface area contributed by atoms with Crippen molar-refractivity contribution >= 4 is 22.4 Å². The minimum atomic E-state index is -0.281. The first kappa shape index (κ1) is 17.0. The van der Waals surface area contributed by atoms with E-state index in [2.05, 4.69) is 16.8 Å². The molecule has 0 aliphatic carbocycles. The second kappa shape index (κ2) is 6.94. The van der Waals surface area contributed by atoms with Gasteiger partial charge in [-0.2, -0.15) is 0 Å². The van der Waals surface area contributed by atoms with E-state index >= 15 is 0 Å². The maximum Gasteiger partial charge on any atom is 0.340 e. The number of esters is 1. The van der Waals surface area contributed by atoms with Crippen LogP contribution in [0.5, 0.6) is 0 Å². The predicted octanol–water partition coefficient (Wildman–Crippen LogP) is 3.08. The molecule has 6 nitrogen and oxygen atoms in total. The van der Waals surface area contributed by atoms with Gasteiger partial charge in [0.2, 0.25) is 0 Å². The maximum absolute atomic E-state index is 12.2. The van der Waals surface area contributed by atoms with Crippen LogP contribution in [0.25, 0.3) is 11.4 Å². The number of aryl methyl sites for hydroxylation is 2. The summed E-state index contributed by atoms with van der Waals surface area (Å²) in [6.45, 7) is 11.3. The van der Waals surface area contributed by atoms with Crippen LogP contribution in [-0.4, -0.2) is 48.8 Å². The van der Waals surface area contributed by atoms with Crippen LogP contribution in [0.3, 0.4) is 0 Å². The molecule has 130 valence electrons. The van der Waals surface area contributed by atoms with Crippen LogP contribution in [-0.2, 0) is 9.47 Å². The summed E-state index contributed by atoms with van der Waals surface area (Å²) < 4.78 is 10.6. The smallest absolute Gasteiger partial charge is 0.340 e. The molecular formula is C17H23N3O3S. The topological polar surface area (TPSA) is 67.5 Å². The van der Waals surface area contributed by atoms with Crippen molar-refractivity contribution in [3.63, 3.8) is 0 Å². The lowest BCUT2D eigenvalue weighted by atomic mass is 10.1. The number of hydrogen-bond acceptors (Lipinski definition) is 6. The standard InChI is InChI=1S/C17H23N3O3S/c1-5-23-16(21)13-10(2)14(18-11(13)3)15-12(4)24-17(19-15)20-6-8-22-9-7-20/h18H,5-9H2,1-4H3. The zero-order chi connectivity index (χ0) is 17.3. The molecule has 0 saturated carbocycles. The Kier molecular flexibility index (Phi) is 4.91. The summed E-state index contributed by atoms with van der Waals surface area (Å²) in [6, 6.07) is 0. The molecule has 1 aliphatic rings. The summed E-state index contributed by atoms with van der Waals surface area (Å²) in [4.78, 5) is 23.7. The molecule has 2 aromatic heterocycles. The van der Waals surface area contributed by atoms with Gasteiger partial charge in [-0.25, -0.2) is 9.78 Å². The third-order valence-electron chi connectivity index (χ3n) is 4.22. The fourth-order valence-corrected chi connectivity index (χ4v) is 3.97. The molecule has 0 bridgehead atoms. The van der Waals surface area contributed by atoms with E-state index in [-0.39, 0.29) is 5.97 Å². The molecule has 3 heterocycles. The summed E-state index contributed by atoms with van der Waals surface area (Å²) in [5.74, 6) is -0.281. The van der Waals surface area contributed by atoms with E-state index in [0.29, 0.717) is 12.2 Å². The fraction of sp³-hybridized carbons (Fsp3) is 0.529. The van der Waals surface area contributed by atoms with Gasteiger partial charge < -0.3 is 19.4 Å². The van der Waals surface area contributed by atoms with E-state index in [1.807, 2.05) is 20.8 Å². The minimum Gasteiger partial charge on any atom is -0.462 e. The molecule has 0 atom stereocenters. The highest BCUT2D eigenvalue weighted by Crippen LogP contribution is 2.35. The molecule has 0 amide bonds. The van der Waals surface area contributed by atoms with Gasteiger partial charge in [-0.1, -0.05) is 0 Å². The van der Waals surface area contributed by atoms with Gasteiger partial charge in [-0.05, 0) is 33.3 Å². The zero-order valence-corrected chi connectivity index (χ0v) is 15.4. The fourth-order valence-electron chi connectivity index (χ4n) is 3.00. The van der Waals surface area contributed by atoms with Crippen molar-refractivity contribution in [3.8, 4) is 11.4 Å². The SMILES string of the molecule is CCOC(=O)c1c(C)[nH]c(-c2nc(N3CCOCC3)sc2C)c1C. The van der Waals surface area contributed by atoms with Crippen molar-refractivity contribution in [1.29, 1.82) is 0 Å². The summed E-state index contributed by atoms with van der Waals surface area (Å²) in [5.41, 5.74) is 4.16. The summed E-state index contributed by atoms with van der Waals surface area (Å²) in [5, 5.41) is 1.01. The number of H-pyrrole nitrogens is 1. The molecule has 1 fully saturated rings. The van der Waals surface area contributed by atoms with E-state index in [1.165, 1.54) is 0 Å². The Hall–Kier alpha value is -1.86. The van der Waals surface area contributed by atoms with E-state index in [9.17, 15) is 4.79 Å². The number of ether oxygens (including phenoxy) is 2. The average molecular weight is 349 g/mol. The van der Waals surface area contributed by atoms with Gasteiger partial charge in [0.05, 0.1) is 31.1 Å². The Labute approximate surface area is 145 Å². The van der Waals surface area contributed by atoms with Crippen LogP contribution < -0.4 is 4.90 Å². The van der Waals surface area contributed by atoms with Crippen LogP contribution in [0.1, 0.15) is 33.4 Å². The molecule has 0 spiro atoms. The number of rotatable bonds is 4. The average Bonchev–Trinajstić information content (AvgIpc) is 3.08. The van der Waals surface area contributed by atoms with Crippen LogP contribution in [0.2, 0.25) is 0 Å². The van der Waals surface area contributed by atoms with E-state index in [4.69, 9.17) is 14.5 Å². The van der Waals surface area contributed by atoms with Crippen molar-refractivity contribution in [2.75, 3.05) is 37.8 Å². The number of thiazole rings is 1. The second-order valence-electron chi connectivity index (χ2n) is 5.85. The van der Waals surface area contributed by atoms with Crippen LogP contribution in [0, 0.1) is 20.8 Å². The van der Waals surface area contributed by atoms with Crippen molar-refractivity contribution in [3.05, 3.63) is 21.7 Å². The Balaban J connectivity index is 1.96. The van der Waals surface area contributed by atoms with Gasteiger partial charge in [0, 0.05) is 23.7 Å². The van der Waals surface area contributed by atoms with Crippen molar-refractivity contribution in [2.24, 2.45) is 0 Å². The molecule has 24 heavy (non-hydrogen) atoms. The van der Waals surface area contributed by atoms with Gasteiger partial charge in [-0.3, -0.25) is 0 Å². The lowest BCUT2D eigenvalue weighted by molar-refractivity contribution is 0.0525. The number of morpholine rings is 1. The van der Waals surface area contributed by atoms with E-state index in [0.717, 1.165) is 59.0 Å². The highest BCUT2D eigenvalue weighted by atomic mass is 32.1. The Morgan fingerprint density at radius 3 is 2.71 bits per heavy atom. The highest BCUT2D eigenvalue weighted by Gasteiger charge is 2.24. The number of aromatic amines is 1. The molecule has 0 aromatic carbocycles. The highest BCUT2D eigenvalue weighted by molar-refractivity contribution is 7.16. The Morgan fingerprint density at radius 2 is 2.04 bits per heavy atom. The normalized spacial score (nSPS) is 14.9. The van der Waals surface area contributed by atoms with Crippen LogP contribution >= 0.6 is 11.3 Å². The first-order valence-electron chi connectivity index (χ1n) is 8.19. The molecule has 2 aromatic rings. The molecule has 1 N–H and O–H groups in total. The van der Waals surface area contributed by atoms with Gasteiger partial charge >= 0.3 is 5.97 Å². The van der Waals surface area contributed by atoms with Crippen molar-refractivity contribution in [2.45, 2.75) is 27.7 Å². The van der Waals surface area contributed by atoms with Crippen molar-refractivity contribution in [1.82, 2.24) is 9.97 Å². The summed E-state index contributed by atoms with van der Waals surface area (Å²) >= 11 is 1.68. The largest absolute Gasteiger partial charge is 0.462 e. The zero-order valence-electron chi connectivity index (χ0n) is 14.6. The molecule has 1 saturated heterocycles. The van der Waals surface area contributed by atoms with Gasteiger partial charge in [-0.15, -0.1) is 11.3 Å². The third-order valence-corrected chi connectivity index (χ3v) is 5.25. The molecule has 3 rings (SSSR count). The molecule has 0 unspecified atom stereocenters. The third kappa shape index (κ3) is 3.06. The number of nitrogens with zero attached hydrogens (tertiary/aromatic N) is 2. The molecular weight excluding hydrogens is 326 g/mol. The summed E-state index contributed by atoms with van der Waals surface area (Å²) in [6.07, 6.45) is 0. The number of nitrogens with one attached hydrogen (secondary N) is 1. The van der Waals surface area contributed by atoms with Crippen molar-refractivity contribution < 1.29 is 14.3 Å². The number of carbonyl (C=O) groups excluding carboxylic acids is 1. The van der Waals surface area contributed by atoms with Gasteiger partial charge in [0.25, 0.3) is 0 Å². The number of anilines is 1. The van der Waals surface area contributed by atoms with E-state index in [1.54, 1.807) is 11.3 Å². The number of carbonyl (C=O) groups is 1. The lowest BCUT2D eigenvalue weighted by Gasteiger charge is -2.26. The summed E-state index contributed by atoms with van der Waals surface area (Å²) in [7, 11) is 0. The number of hydrogen-bond donors (Lipinski definition) is 1. The molecule has 7 heteroatoms. The predicted molar refractivity (Wildman–Crippen MR) is 95.1 cm³/mol. The first-order chi connectivity index (χ1) is 11.5. The van der Waals surface area contributed by atoms with Crippen LogP contribution in [0.15, 0.2) is 0 Å². The minimum absolute atomic E-state index is 0.281. The Bertz CT molecular complexity index is 745.